The Hall–Kier alpha value is -0.810. The first-order chi connectivity index (χ1) is 9.08. The Morgan fingerprint density at radius 3 is 3.05 bits per heavy atom. The summed E-state index contributed by atoms with van der Waals surface area (Å²) in [6, 6.07) is 2.73. The van der Waals surface area contributed by atoms with Gasteiger partial charge in [-0.1, -0.05) is 0 Å². The third-order valence-electron chi connectivity index (χ3n) is 3.54. The molecule has 0 saturated carbocycles. The minimum absolute atomic E-state index is 0.0115. The average molecular weight is 328 g/mol. The molecule has 4 nitrogen and oxygen atoms in total. The molecule has 1 fully saturated rings. The Kier molecular flexibility index (Phi) is 5.05. The zero-order valence-corrected chi connectivity index (χ0v) is 13.2. The fourth-order valence-electron chi connectivity index (χ4n) is 2.51. The van der Waals surface area contributed by atoms with Gasteiger partial charge in [-0.05, 0) is 61.7 Å². The van der Waals surface area contributed by atoms with E-state index in [2.05, 4.69) is 40.4 Å². The van der Waals surface area contributed by atoms with Crippen LogP contribution in [-0.4, -0.2) is 29.6 Å². The van der Waals surface area contributed by atoms with Crippen molar-refractivity contribution < 1.29 is 4.79 Å². The summed E-state index contributed by atoms with van der Waals surface area (Å²) in [4.78, 5) is 12.2. The summed E-state index contributed by atoms with van der Waals surface area (Å²) in [7, 11) is 0. The van der Waals surface area contributed by atoms with Crippen molar-refractivity contribution in [3.63, 3.8) is 0 Å². The highest BCUT2D eigenvalue weighted by molar-refractivity contribution is 9.10. The highest BCUT2D eigenvalue weighted by Crippen LogP contribution is 2.19. The van der Waals surface area contributed by atoms with Crippen molar-refractivity contribution in [1.29, 1.82) is 0 Å². The molecule has 0 aliphatic carbocycles. The van der Waals surface area contributed by atoms with Crippen LogP contribution in [0.1, 0.15) is 49.6 Å². The molecule has 1 atom stereocenters. The molecule has 5 heteroatoms. The van der Waals surface area contributed by atoms with Crippen molar-refractivity contribution in [1.82, 2.24) is 15.2 Å². The van der Waals surface area contributed by atoms with Crippen molar-refractivity contribution in [2.45, 2.75) is 45.2 Å². The lowest BCUT2D eigenvalue weighted by Crippen LogP contribution is -2.31. The highest BCUT2D eigenvalue weighted by atomic mass is 79.9. The van der Waals surface area contributed by atoms with Crippen LogP contribution in [0.15, 0.2) is 16.7 Å². The van der Waals surface area contributed by atoms with Gasteiger partial charge in [0, 0.05) is 29.3 Å². The second kappa shape index (κ2) is 6.57. The van der Waals surface area contributed by atoms with Gasteiger partial charge in [0.1, 0.15) is 5.69 Å². The molecule has 1 amide bonds. The van der Waals surface area contributed by atoms with Crippen LogP contribution in [0.25, 0.3) is 0 Å². The first-order valence-electron chi connectivity index (χ1n) is 6.97. The summed E-state index contributed by atoms with van der Waals surface area (Å²) < 4.78 is 2.94. The molecule has 1 aliphatic rings. The van der Waals surface area contributed by atoms with E-state index in [-0.39, 0.29) is 11.9 Å². The predicted molar refractivity (Wildman–Crippen MR) is 80.5 cm³/mol. The minimum Gasteiger partial charge on any atom is -0.351 e. The number of hydrogen-bond donors (Lipinski definition) is 2. The largest absolute Gasteiger partial charge is 0.351 e. The number of nitrogens with zero attached hydrogens (tertiary/aromatic N) is 1. The van der Waals surface area contributed by atoms with Gasteiger partial charge >= 0.3 is 0 Å². The van der Waals surface area contributed by atoms with Crippen molar-refractivity contribution in [3.8, 4) is 0 Å². The summed E-state index contributed by atoms with van der Waals surface area (Å²) in [6.07, 6.45) is 5.44. The lowest BCUT2D eigenvalue weighted by molar-refractivity contribution is 0.0941. The molecule has 1 aromatic heterocycles. The number of aromatic nitrogens is 1. The maximum Gasteiger partial charge on any atom is 0.267 e. The van der Waals surface area contributed by atoms with E-state index in [4.69, 9.17) is 0 Å². The van der Waals surface area contributed by atoms with Crippen molar-refractivity contribution in [2.24, 2.45) is 0 Å². The maximum atomic E-state index is 12.2. The summed E-state index contributed by atoms with van der Waals surface area (Å²) in [6.45, 7) is 6.00. The Morgan fingerprint density at radius 2 is 2.42 bits per heavy atom. The third kappa shape index (κ3) is 3.83. The van der Waals surface area contributed by atoms with Crippen LogP contribution in [0.3, 0.4) is 0 Å². The van der Waals surface area contributed by atoms with Gasteiger partial charge in [0.2, 0.25) is 0 Å². The topological polar surface area (TPSA) is 46.1 Å². The van der Waals surface area contributed by atoms with E-state index < -0.39 is 0 Å². The molecule has 2 N–H and O–H groups in total. The van der Waals surface area contributed by atoms with Crippen LogP contribution in [0, 0.1) is 0 Å². The number of halogens is 1. The van der Waals surface area contributed by atoms with Gasteiger partial charge in [-0.3, -0.25) is 4.79 Å². The summed E-state index contributed by atoms with van der Waals surface area (Å²) >= 11 is 3.43. The molecule has 0 spiro atoms. The van der Waals surface area contributed by atoms with E-state index in [0.717, 1.165) is 29.7 Å². The number of amides is 1. The molecule has 0 aromatic carbocycles. The van der Waals surface area contributed by atoms with E-state index >= 15 is 0 Å². The van der Waals surface area contributed by atoms with Gasteiger partial charge in [0.15, 0.2) is 0 Å². The summed E-state index contributed by atoms with van der Waals surface area (Å²) in [5.74, 6) is 0.0115. The van der Waals surface area contributed by atoms with Gasteiger partial charge in [0.05, 0.1) is 0 Å². The summed E-state index contributed by atoms with van der Waals surface area (Å²) in [5, 5.41) is 6.45. The number of carbonyl (C=O) groups excluding carboxylic acids is 1. The first-order valence-corrected chi connectivity index (χ1v) is 7.76. The van der Waals surface area contributed by atoms with Crippen LogP contribution < -0.4 is 10.6 Å². The minimum atomic E-state index is 0.0115. The number of hydrogen-bond acceptors (Lipinski definition) is 2. The Morgan fingerprint density at radius 1 is 1.63 bits per heavy atom. The van der Waals surface area contributed by atoms with Gasteiger partial charge in [-0.2, -0.15) is 0 Å². The van der Waals surface area contributed by atoms with Gasteiger partial charge in [-0.25, -0.2) is 0 Å². The highest BCUT2D eigenvalue weighted by Gasteiger charge is 2.16. The molecule has 1 aliphatic heterocycles. The van der Waals surface area contributed by atoms with Crippen LogP contribution in [0.2, 0.25) is 0 Å². The molecule has 2 heterocycles. The molecule has 106 valence electrons. The number of rotatable bonds is 5. The first kappa shape index (κ1) is 14.6. The molecule has 0 bridgehead atoms. The Bertz CT molecular complexity index is 436. The molecule has 2 rings (SSSR count). The summed E-state index contributed by atoms with van der Waals surface area (Å²) in [5.41, 5.74) is 0.723. The monoisotopic (exact) mass is 327 g/mol. The quantitative estimate of drug-likeness (QED) is 0.873. The van der Waals surface area contributed by atoms with Crippen LogP contribution >= 0.6 is 15.9 Å². The second-order valence-electron chi connectivity index (χ2n) is 5.38. The molecule has 1 saturated heterocycles. The Balaban J connectivity index is 1.88. The molecule has 1 aromatic rings. The SMILES string of the molecule is CC(C)n1cc(Br)cc1C(=O)NCCC1CCCN1. The van der Waals surface area contributed by atoms with E-state index in [1.54, 1.807) is 0 Å². The lowest BCUT2D eigenvalue weighted by Gasteiger charge is -2.14. The molecule has 0 radical (unpaired) electrons. The van der Waals surface area contributed by atoms with Crippen LogP contribution in [-0.2, 0) is 0 Å². The van der Waals surface area contributed by atoms with E-state index in [1.165, 1.54) is 12.8 Å². The van der Waals surface area contributed by atoms with Crippen molar-refractivity contribution >= 4 is 21.8 Å². The Labute approximate surface area is 123 Å². The lowest BCUT2D eigenvalue weighted by atomic mass is 10.1. The van der Waals surface area contributed by atoms with E-state index in [9.17, 15) is 4.79 Å². The zero-order chi connectivity index (χ0) is 13.8. The van der Waals surface area contributed by atoms with Crippen LogP contribution in [0.5, 0.6) is 0 Å². The number of carbonyl (C=O) groups is 1. The molecule has 1 unspecified atom stereocenters. The average Bonchev–Trinajstić information content (AvgIpc) is 2.98. The molecular weight excluding hydrogens is 306 g/mol. The van der Waals surface area contributed by atoms with Crippen molar-refractivity contribution in [2.75, 3.05) is 13.1 Å². The maximum absolute atomic E-state index is 12.2. The van der Waals surface area contributed by atoms with Gasteiger partial charge in [0.25, 0.3) is 5.91 Å². The fraction of sp³-hybridized carbons (Fsp3) is 0.643. The fourth-order valence-corrected chi connectivity index (χ4v) is 2.95. The number of nitrogens with one attached hydrogen (secondary N) is 2. The predicted octanol–water partition coefficient (Wildman–Crippen LogP) is 2.70. The molecular formula is C14H22BrN3O. The van der Waals surface area contributed by atoms with Crippen LogP contribution in [0.4, 0.5) is 0 Å². The second-order valence-corrected chi connectivity index (χ2v) is 6.30. The van der Waals surface area contributed by atoms with E-state index in [0.29, 0.717) is 6.04 Å². The third-order valence-corrected chi connectivity index (χ3v) is 3.98. The van der Waals surface area contributed by atoms with Gasteiger partial charge in [-0.15, -0.1) is 0 Å². The zero-order valence-electron chi connectivity index (χ0n) is 11.6. The van der Waals surface area contributed by atoms with E-state index in [1.807, 2.05) is 16.8 Å². The van der Waals surface area contributed by atoms with Gasteiger partial charge < -0.3 is 15.2 Å². The normalized spacial score (nSPS) is 19.1. The molecule has 19 heavy (non-hydrogen) atoms. The standard InChI is InChI=1S/C14H22BrN3O/c1-10(2)18-9-11(15)8-13(18)14(19)17-7-5-12-4-3-6-16-12/h8-10,12,16H,3-7H2,1-2H3,(H,17,19). The van der Waals surface area contributed by atoms with Crippen molar-refractivity contribution in [3.05, 3.63) is 22.4 Å². The smallest absolute Gasteiger partial charge is 0.267 e.